The predicted molar refractivity (Wildman–Crippen MR) is 206 cm³/mol. The average Bonchev–Trinajstić information content (AvgIpc) is 3.03. The molecule has 13 nitrogen and oxygen atoms in total. The Kier molecular flexibility index (Phi) is 19.0. The quantitative estimate of drug-likeness (QED) is 0.172. The molecule has 3 N–H and O–H groups in total. The molecule has 0 aromatic heterocycles. The van der Waals surface area contributed by atoms with Crippen molar-refractivity contribution >= 4 is 35.7 Å². The summed E-state index contributed by atoms with van der Waals surface area (Å²) in [6.07, 6.45) is 0.339. The van der Waals surface area contributed by atoms with Crippen LogP contribution < -0.4 is 16.0 Å². The molecule has 0 spiro atoms. The second kappa shape index (κ2) is 21.5. The lowest BCUT2D eigenvalue weighted by atomic mass is 9.95. The normalized spacial score (nSPS) is 14.5. The van der Waals surface area contributed by atoms with E-state index in [1.807, 2.05) is 85.7 Å². The lowest BCUT2D eigenvalue weighted by Crippen LogP contribution is -2.61. The maximum absolute atomic E-state index is 14.4. The SMILES string of the molecule is COC(=O)[C@H](Cc1ccccc1)NC(=O)[C@@H](CC(C)C)N(C)C(=O)[C@@H](C(C)C)N(C)C(=O)[C@H](CC(C)C)NC(=O)[C@H](CC(C)C)NC(=O)OC(C)(C)C. The number of alkyl carbamates (subject to hydrolysis) is 1. The first kappa shape index (κ1) is 46.9. The Labute approximate surface area is 317 Å². The number of likely N-dealkylation sites (N-methyl/N-ethyl adjacent to an activating group) is 2. The van der Waals surface area contributed by atoms with Crippen molar-refractivity contribution in [1.29, 1.82) is 0 Å². The van der Waals surface area contributed by atoms with E-state index in [2.05, 4.69) is 16.0 Å². The van der Waals surface area contributed by atoms with Crippen LogP contribution in [0.3, 0.4) is 0 Å². The van der Waals surface area contributed by atoms with Crippen LogP contribution in [-0.4, -0.2) is 103 Å². The first-order valence-corrected chi connectivity index (χ1v) is 18.7. The van der Waals surface area contributed by atoms with Gasteiger partial charge in [0.2, 0.25) is 23.6 Å². The Morgan fingerprint density at radius 1 is 0.660 bits per heavy atom. The van der Waals surface area contributed by atoms with E-state index in [1.54, 1.807) is 20.8 Å². The fourth-order valence-electron chi connectivity index (χ4n) is 6.10. The summed E-state index contributed by atoms with van der Waals surface area (Å²) >= 11 is 0. The van der Waals surface area contributed by atoms with Crippen LogP contribution in [0.15, 0.2) is 30.3 Å². The van der Waals surface area contributed by atoms with Crippen molar-refractivity contribution in [3.63, 3.8) is 0 Å². The zero-order valence-electron chi connectivity index (χ0n) is 34.6. The van der Waals surface area contributed by atoms with Gasteiger partial charge in [-0.15, -0.1) is 0 Å². The van der Waals surface area contributed by atoms with Gasteiger partial charge >= 0.3 is 12.1 Å². The summed E-state index contributed by atoms with van der Waals surface area (Å²) in [5.41, 5.74) is 0.0557. The van der Waals surface area contributed by atoms with Crippen molar-refractivity contribution < 1.29 is 38.2 Å². The number of hydrogen-bond donors (Lipinski definition) is 3. The minimum absolute atomic E-state index is 0.00210. The van der Waals surface area contributed by atoms with Gasteiger partial charge in [-0.2, -0.15) is 0 Å². The van der Waals surface area contributed by atoms with Gasteiger partial charge in [-0.3, -0.25) is 19.2 Å². The van der Waals surface area contributed by atoms with Crippen molar-refractivity contribution in [3.8, 4) is 0 Å². The fraction of sp³-hybridized carbons (Fsp3) is 0.700. The Hall–Kier alpha value is -4.16. The Morgan fingerprint density at radius 3 is 1.64 bits per heavy atom. The molecular formula is C40H67N5O8. The van der Waals surface area contributed by atoms with Gasteiger partial charge in [-0.1, -0.05) is 85.7 Å². The van der Waals surface area contributed by atoms with Gasteiger partial charge < -0.3 is 35.2 Å². The van der Waals surface area contributed by atoms with Crippen LogP contribution in [0, 0.1) is 23.7 Å². The van der Waals surface area contributed by atoms with Crippen LogP contribution in [-0.2, 0) is 39.9 Å². The molecule has 1 aromatic rings. The maximum atomic E-state index is 14.4. The number of carbonyl (C=O) groups excluding carboxylic acids is 6. The third-order valence-corrected chi connectivity index (χ3v) is 8.58. The van der Waals surface area contributed by atoms with Crippen molar-refractivity contribution in [2.24, 2.45) is 23.7 Å². The van der Waals surface area contributed by atoms with Gasteiger partial charge in [0.05, 0.1) is 7.11 Å². The Bertz CT molecular complexity index is 1360. The zero-order valence-corrected chi connectivity index (χ0v) is 34.6. The third kappa shape index (κ3) is 16.2. The van der Waals surface area contributed by atoms with Gasteiger partial charge in [-0.25, -0.2) is 9.59 Å². The lowest BCUT2D eigenvalue weighted by molar-refractivity contribution is -0.152. The summed E-state index contributed by atoms with van der Waals surface area (Å²) in [5, 5.41) is 8.33. The number of esters is 1. The molecule has 53 heavy (non-hydrogen) atoms. The molecule has 13 heteroatoms. The largest absolute Gasteiger partial charge is 0.467 e. The highest BCUT2D eigenvalue weighted by Crippen LogP contribution is 2.21. The molecule has 300 valence electrons. The van der Waals surface area contributed by atoms with Crippen LogP contribution in [0.1, 0.15) is 101 Å². The van der Waals surface area contributed by atoms with E-state index in [9.17, 15) is 28.8 Å². The minimum atomic E-state index is -1.00. The summed E-state index contributed by atoms with van der Waals surface area (Å²) in [4.78, 5) is 84.3. The van der Waals surface area contributed by atoms with E-state index in [-0.39, 0.29) is 36.5 Å². The number of nitrogens with one attached hydrogen (secondary N) is 3. The van der Waals surface area contributed by atoms with Gasteiger partial charge in [0.25, 0.3) is 0 Å². The summed E-state index contributed by atoms with van der Waals surface area (Å²) in [6.45, 7) is 20.3. The van der Waals surface area contributed by atoms with E-state index in [4.69, 9.17) is 9.47 Å². The average molecular weight is 746 g/mol. The molecular weight excluding hydrogens is 678 g/mol. The highest BCUT2D eigenvalue weighted by Gasteiger charge is 2.40. The number of ether oxygens (including phenoxy) is 2. The number of methoxy groups -OCH3 is 1. The molecule has 0 aliphatic rings. The molecule has 5 atom stereocenters. The highest BCUT2D eigenvalue weighted by atomic mass is 16.6. The summed E-state index contributed by atoms with van der Waals surface area (Å²) in [6, 6.07) is 4.33. The van der Waals surface area contributed by atoms with E-state index in [0.29, 0.717) is 12.8 Å². The molecule has 0 saturated heterocycles. The number of benzene rings is 1. The lowest BCUT2D eigenvalue weighted by Gasteiger charge is -2.38. The maximum Gasteiger partial charge on any atom is 0.408 e. The van der Waals surface area contributed by atoms with E-state index >= 15 is 0 Å². The van der Waals surface area contributed by atoms with Crippen molar-refractivity contribution in [3.05, 3.63) is 35.9 Å². The van der Waals surface area contributed by atoms with Crippen molar-refractivity contribution in [2.75, 3.05) is 21.2 Å². The molecule has 1 rings (SSSR count). The molecule has 1 aromatic carbocycles. The number of amides is 5. The molecule has 0 saturated carbocycles. The Morgan fingerprint density at radius 2 is 1.17 bits per heavy atom. The Balaban J connectivity index is 3.39. The van der Waals surface area contributed by atoms with Crippen LogP contribution in [0.2, 0.25) is 0 Å². The first-order chi connectivity index (χ1) is 24.5. The molecule has 0 unspecified atom stereocenters. The van der Waals surface area contributed by atoms with Crippen molar-refractivity contribution in [1.82, 2.24) is 25.8 Å². The number of rotatable bonds is 19. The van der Waals surface area contributed by atoms with E-state index in [0.717, 1.165) is 5.56 Å². The van der Waals surface area contributed by atoms with Crippen LogP contribution >= 0.6 is 0 Å². The minimum Gasteiger partial charge on any atom is -0.467 e. The predicted octanol–water partition coefficient (Wildman–Crippen LogP) is 4.71. The monoisotopic (exact) mass is 745 g/mol. The molecule has 5 amide bonds. The molecule has 0 bridgehead atoms. The molecule has 0 fully saturated rings. The second-order valence-electron chi connectivity index (χ2n) is 16.5. The smallest absolute Gasteiger partial charge is 0.408 e. The highest BCUT2D eigenvalue weighted by molar-refractivity contribution is 5.96. The molecule has 0 aliphatic carbocycles. The van der Waals surface area contributed by atoms with Crippen LogP contribution in [0.4, 0.5) is 4.79 Å². The molecule has 0 heterocycles. The number of carbonyl (C=O) groups is 6. The molecule has 0 aliphatic heterocycles. The third-order valence-electron chi connectivity index (χ3n) is 8.58. The van der Waals surface area contributed by atoms with Gasteiger partial charge in [0.1, 0.15) is 35.8 Å². The molecule has 0 radical (unpaired) electrons. The zero-order chi connectivity index (χ0) is 40.8. The second-order valence-corrected chi connectivity index (χ2v) is 16.5. The summed E-state index contributed by atoms with van der Waals surface area (Å²) in [7, 11) is 4.30. The number of hydrogen-bond acceptors (Lipinski definition) is 8. The fourth-order valence-corrected chi connectivity index (χ4v) is 6.10. The standard InChI is InChI=1S/C40H67N5O8/c1-24(2)20-29(43-39(51)53-40(9,10)11)34(46)41-30(21-25(3)4)36(48)45(13)33(27(7)8)37(49)44(12)32(22-26(5)6)35(47)42-31(38(50)52-14)23-28-18-16-15-17-19-28/h15-19,24-27,29-33H,20-23H2,1-14H3,(H,41,46)(H,42,47)(H,43,51)/t29-,30-,31-,32+,33+/m0/s1. The van der Waals surface area contributed by atoms with Crippen LogP contribution in [0.5, 0.6) is 0 Å². The number of nitrogens with zero attached hydrogens (tertiary/aromatic N) is 2. The van der Waals surface area contributed by atoms with Crippen LogP contribution in [0.25, 0.3) is 0 Å². The van der Waals surface area contributed by atoms with E-state index in [1.165, 1.54) is 31.0 Å². The van der Waals surface area contributed by atoms with Crippen molar-refractivity contribution in [2.45, 2.75) is 138 Å². The van der Waals surface area contributed by atoms with Gasteiger partial charge in [-0.05, 0) is 69.3 Å². The topological polar surface area (TPSA) is 163 Å². The summed E-state index contributed by atoms with van der Waals surface area (Å²) in [5.74, 6) is -2.95. The van der Waals surface area contributed by atoms with E-state index < -0.39 is 71.5 Å². The summed E-state index contributed by atoms with van der Waals surface area (Å²) < 4.78 is 10.4. The first-order valence-electron chi connectivity index (χ1n) is 18.7. The van der Waals surface area contributed by atoms with Gasteiger partial charge in [0, 0.05) is 20.5 Å². The van der Waals surface area contributed by atoms with Gasteiger partial charge in [0.15, 0.2) is 0 Å².